The normalized spacial score (nSPS) is 10.4. The Morgan fingerprint density at radius 3 is 2.86 bits per heavy atom. The third-order valence-electron chi connectivity index (χ3n) is 3.05. The number of benzene rings is 1. The van der Waals surface area contributed by atoms with Gasteiger partial charge in [-0.25, -0.2) is 0 Å². The maximum Gasteiger partial charge on any atom is 0.320 e. The molecule has 0 spiro atoms. The quantitative estimate of drug-likeness (QED) is 0.694. The second-order valence-corrected chi connectivity index (χ2v) is 4.73. The van der Waals surface area contributed by atoms with E-state index in [9.17, 15) is 14.9 Å². The van der Waals surface area contributed by atoms with E-state index in [2.05, 4.69) is 10.4 Å². The van der Waals surface area contributed by atoms with Gasteiger partial charge in [-0.1, -0.05) is 17.7 Å². The molecule has 110 valence electrons. The van der Waals surface area contributed by atoms with Crippen molar-refractivity contribution in [2.24, 2.45) is 0 Å². The van der Waals surface area contributed by atoms with Crippen LogP contribution in [0.15, 0.2) is 24.4 Å². The Bertz CT molecular complexity index is 711. The van der Waals surface area contributed by atoms with Crippen LogP contribution in [0.25, 0.3) is 0 Å². The van der Waals surface area contributed by atoms with Gasteiger partial charge in [0, 0.05) is 17.3 Å². The van der Waals surface area contributed by atoms with E-state index >= 15 is 0 Å². The van der Waals surface area contributed by atoms with Gasteiger partial charge < -0.3 is 5.32 Å². The van der Waals surface area contributed by atoms with Crippen molar-refractivity contribution in [3.05, 3.63) is 50.8 Å². The van der Waals surface area contributed by atoms with Gasteiger partial charge in [-0.2, -0.15) is 5.10 Å². The minimum atomic E-state index is -0.626. The highest BCUT2D eigenvalue weighted by atomic mass is 35.5. The Morgan fingerprint density at radius 1 is 1.52 bits per heavy atom. The number of amides is 1. The van der Waals surface area contributed by atoms with Crippen molar-refractivity contribution in [1.82, 2.24) is 9.78 Å². The Morgan fingerprint density at radius 2 is 2.24 bits per heavy atom. The van der Waals surface area contributed by atoms with E-state index < -0.39 is 10.8 Å². The largest absolute Gasteiger partial charge is 0.320 e. The van der Waals surface area contributed by atoms with Crippen LogP contribution in [0.1, 0.15) is 23.0 Å². The summed E-state index contributed by atoms with van der Waals surface area (Å²) >= 11 is 5.99. The number of aromatic nitrogens is 2. The maximum absolute atomic E-state index is 12.3. The van der Waals surface area contributed by atoms with Crippen molar-refractivity contribution >= 4 is 28.9 Å². The molecule has 0 aliphatic rings. The molecular formula is C13H13ClN4O3. The molecule has 0 aliphatic heterocycles. The molecule has 0 atom stereocenters. The number of carbonyl (C=O) groups excluding carboxylic acids is 1. The first kappa shape index (κ1) is 15.0. The van der Waals surface area contributed by atoms with Crippen molar-refractivity contribution in [1.29, 1.82) is 0 Å². The molecule has 0 unspecified atom stereocenters. The highest BCUT2D eigenvalue weighted by Gasteiger charge is 2.26. The molecule has 1 aromatic heterocycles. The number of nitrogens with zero attached hydrogens (tertiary/aromatic N) is 3. The van der Waals surface area contributed by atoms with Crippen molar-refractivity contribution < 1.29 is 9.72 Å². The molecule has 0 fully saturated rings. The van der Waals surface area contributed by atoms with Crippen molar-refractivity contribution in [3.8, 4) is 0 Å². The summed E-state index contributed by atoms with van der Waals surface area (Å²) in [6.07, 6.45) is 1.07. The summed E-state index contributed by atoms with van der Waals surface area (Å²) in [5.74, 6) is -0.591. The lowest BCUT2D eigenvalue weighted by Crippen LogP contribution is -2.19. The monoisotopic (exact) mass is 308 g/mol. The molecule has 1 heterocycles. The van der Waals surface area contributed by atoms with E-state index in [-0.39, 0.29) is 11.4 Å². The summed E-state index contributed by atoms with van der Waals surface area (Å²) in [4.78, 5) is 22.7. The summed E-state index contributed by atoms with van der Waals surface area (Å²) in [5, 5.41) is 18.0. The second-order valence-electron chi connectivity index (χ2n) is 4.32. The van der Waals surface area contributed by atoms with Gasteiger partial charge in [0.25, 0.3) is 5.91 Å². The molecular weight excluding hydrogens is 296 g/mol. The molecule has 0 bridgehead atoms. The van der Waals surface area contributed by atoms with Gasteiger partial charge >= 0.3 is 5.69 Å². The topological polar surface area (TPSA) is 90.1 Å². The highest BCUT2D eigenvalue weighted by Crippen LogP contribution is 2.25. The minimum Gasteiger partial charge on any atom is -0.320 e. The number of carbonyl (C=O) groups is 1. The molecule has 0 radical (unpaired) electrons. The van der Waals surface area contributed by atoms with Gasteiger partial charge in [-0.3, -0.25) is 19.6 Å². The minimum absolute atomic E-state index is 0.0816. The zero-order valence-corrected chi connectivity index (χ0v) is 12.2. The smallest absolute Gasteiger partial charge is 0.320 e. The fraction of sp³-hybridized carbons (Fsp3) is 0.231. The number of rotatable bonds is 4. The Labute approximate surface area is 125 Å². The van der Waals surface area contributed by atoms with Crippen molar-refractivity contribution in [3.63, 3.8) is 0 Å². The van der Waals surface area contributed by atoms with Gasteiger partial charge in [0.1, 0.15) is 6.20 Å². The Hall–Kier alpha value is -2.41. The van der Waals surface area contributed by atoms with Crippen LogP contribution in [0.4, 0.5) is 11.4 Å². The molecule has 8 heteroatoms. The number of halogens is 1. The zero-order chi connectivity index (χ0) is 15.6. The average molecular weight is 309 g/mol. The molecule has 0 aliphatic carbocycles. The lowest BCUT2D eigenvalue weighted by atomic mass is 10.2. The summed E-state index contributed by atoms with van der Waals surface area (Å²) in [7, 11) is 0. The van der Waals surface area contributed by atoms with Crippen LogP contribution in [-0.4, -0.2) is 20.6 Å². The predicted octanol–water partition coefficient (Wildman–Crippen LogP) is 3.03. The average Bonchev–Trinajstić information content (AvgIpc) is 2.88. The molecule has 2 aromatic rings. The first-order chi connectivity index (χ1) is 9.95. The molecule has 1 N–H and O–H groups in total. The summed E-state index contributed by atoms with van der Waals surface area (Å²) in [5.41, 5.74) is 0.791. The summed E-state index contributed by atoms with van der Waals surface area (Å²) < 4.78 is 1.29. The van der Waals surface area contributed by atoms with Crippen LogP contribution in [0.3, 0.4) is 0 Å². The molecule has 2 rings (SSSR count). The van der Waals surface area contributed by atoms with E-state index in [1.165, 1.54) is 4.68 Å². The maximum atomic E-state index is 12.3. The van der Waals surface area contributed by atoms with Crippen molar-refractivity contribution in [2.45, 2.75) is 20.4 Å². The van der Waals surface area contributed by atoms with Crippen LogP contribution in [0.2, 0.25) is 5.02 Å². The van der Waals surface area contributed by atoms with Gasteiger partial charge in [0.2, 0.25) is 5.69 Å². The first-order valence-corrected chi connectivity index (χ1v) is 6.60. The Kier molecular flexibility index (Phi) is 4.23. The van der Waals surface area contributed by atoms with Crippen LogP contribution >= 0.6 is 11.6 Å². The number of hydrogen-bond donors (Lipinski definition) is 1. The molecule has 1 amide bonds. The third kappa shape index (κ3) is 2.87. The third-order valence-corrected chi connectivity index (χ3v) is 3.46. The van der Waals surface area contributed by atoms with Crippen LogP contribution < -0.4 is 5.32 Å². The lowest BCUT2D eigenvalue weighted by Gasteiger charge is -2.10. The number of nitro groups is 1. The van der Waals surface area contributed by atoms with Crippen molar-refractivity contribution in [2.75, 3.05) is 5.32 Å². The van der Waals surface area contributed by atoms with Gasteiger partial charge in [-0.05, 0) is 31.5 Å². The lowest BCUT2D eigenvalue weighted by molar-refractivity contribution is -0.385. The number of nitrogens with one attached hydrogen (secondary N) is 1. The predicted molar refractivity (Wildman–Crippen MR) is 78.7 cm³/mol. The highest BCUT2D eigenvalue weighted by molar-refractivity contribution is 6.31. The van der Waals surface area contributed by atoms with E-state index in [1.807, 2.05) is 0 Å². The number of aryl methyl sites for hydroxylation is 1. The van der Waals surface area contributed by atoms with E-state index in [0.29, 0.717) is 22.8 Å². The number of hydrogen-bond acceptors (Lipinski definition) is 4. The zero-order valence-electron chi connectivity index (χ0n) is 11.5. The number of anilines is 1. The second kappa shape index (κ2) is 5.92. The SMILES string of the molecule is CCn1ncc([N+](=O)[O-])c1C(=O)Nc1cccc(Cl)c1C. The summed E-state index contributed by atoms with van der Waals surface area (Å²) in [6, 6.07) is 5.07. The molecule has 1 aromatic carbocycles. The Balaban J connectivity index is 2.39. The molecule has 21 heavy (non-hydrogen) atoms. The molecule has 0 saturated heterocycles. The molecule has 0 saturated carbocycles. The van der Waals surface area contributed by atoms with Crippen LogP contribution in [0.5, 0.6) is 0 Å². The van der Waals surface area contributed by atoms with E-state index in [1.54, 1.807) is 32.0 Å². The van der Waals surface area contributed by atoms with Gasteiger partial charge in [-0.15, -0.1) is 0 Å². The van der Waals surface area contributed by atoms with Crippen LogP contribution in [-0.2, 0) is 6.54 Å². The molecule has 7 nitrogen and oxygen atoms in total. The standard InChI is InChI=1S/C13H13ClN4O3/c1-3-17-12(11(7-15-17)18(20)21)13(19)16-10-6-4-5-9(14)8(10)2/h4-7H,3H2,1-2H3,(H,16,19). The van der Waals surface area contributed by atoms with E-state index in [4.69, 9.17) is 11.6 Å². The first-order valence-electron chi connectivity index (χ1n) is 6.22. The van der Waals surface area contributed by atoms with Gasteiger partial charge in [0.05, 0.1) is 4.92 Å². The van der Waals surface area contributed by atoms with Crippen LogP contribution in [0, 0.1) is 17.0 Å². The summed E-state index contributed by atoms with van der Waals surface area (Å²) in [6.45, 7) is 3.85. The fourth-order valence-electron chi connectivity index (χ4n) is 1.91. The van der Waals surface area contributed by atoms with E-state index in [0.717, 1.165) is 6.20 Å². The fourth-order valence-corrected chi connectivity index (χ4v) is 2.08. The van der Waals surface area contributed by atoms with Gasteiger partial charge in [0.15, 0.2) is 0 Å².